The molecule has 0 aliphatic heterocycles. The molecule has 0 bridgehead atoms. The van der Waals surface area contributed by atoms with Gasteiger partial charge in [0.25, 0.3) is 30.4 Å². The van der Waals surface area contributed by atoms with E-state index in [9.17, 15) is 54.0 Å². The maximum absolute atomic E-state index is 10.7. The molecule has 0 spiro atoms. The molecule has 30 heteroatoms. The normalized spacial score (nSPS) is 12.4. The van der Waals surface area contributed by atoms with Crippen LogP contribution < -0.4 is 0 Å². The number of hydrogen-bond acceptors (Lipinski definition) is 18. The van der Waals surface area contributed by atoms with Gasteiger partial charge in [-0.1, -0.05) is 0 Å². The van der Waals surface area contributed by atoms with Crippen LogP contribution in [0.5, 0.6) is 0 Å². The Hall–Kier alpha value is 0.600. The summed E-state index contributed by atoms with van der Waals surface area (Å²) in [4.78, 5) is 63.2. The Balaban J connectivity index is -0.000000123. The molecule has 0 amide bonds. The number of carboxylic acids is 3. The minimum absolute atomic E-state index is 0. The molecule has 0 fully saturated rings. The van der Waals surface area contributed by atoms with E-state index in [0.717, 1.165) is 0 Å². The molecule has 252 valence electrons. The molecule has 0 saturated carbocycles. The average molecular weight is 805 g/mol. The van der Waals surface area contributed by atoms with E-state index < -0.39 is 101 Å². The van der Waals surface area contributed by atoms with E-state index in [2.05, 4.69) is 12.5 Å². The molecule has 3 unspecified atom stereocenters. The van der Waals surface area contributed by atoms with Gasteiger partial charge in [0.2, 0.25) is 0 Å². The molecule has 0 aromatic rings. The molecule has 6 N–H and O–H groups in total. The van der Waals surface area contributed by atoms with Crippen molar-refractivity contribution in [3.8, 4) is 0 Å². The summed E-state index contributed by atoms with van der Waals surface area (Å²) in [7, 11) is -14.4. The van der Waals surface area contributed by atoms with E-state index in [4.69, 9.17) is 29.0 Å². The summed E-state index contributed by atoms with van der Waals surface area (Å²) in [5, 5.41) is 18.6. The average Bonchev–Trinajstić information content (AvgIpc) is 2.78. The monoisotopic (exact) mass is 804 g/mol. The Bertz CT molecular complexity index is 1130. The molecule has 21 nitrogen and oxygen atoms in total. The molecule has 0 saturated heterocycles. The first-order valence-electron chi connectivity index (χ1n) is 9.64. The van der Waals surface area contributed by atoms with E-state index in [0.29, 0.717) is 36.1 Å². The van der Waals surface area contributed by atoms with E-state index >= 15 is 0 Å². The third-order valence-electron chi connectivity index (χ3n) is 3.49. The second kappa shape index (κ2) is 28.4. The fourth-order valence-electron chi connectivity index (χ4n) is 1.80. The first-order chi connectivity index (χ1) is 18.9. The van der Waals surface area contributed by atoms with Crippen LogP contribution in [0.3, 0.4) is 0 Å². The number of carbonyl (C=O) groups excluding carboxylic acids is 3. The zero-order valence-corrected chi connectivity index (χ0v) is 26.0. The molecule has 0 aliphatic rings. The third-order valence-corrected chi connectivity index (χ3v) is 7.81. The predicted octanol–water partition coefficient (Wildman–Crippen LogP) is -3.33. The molecule has 0 aliphatic carbocycles. The SMILES string of the molecule is CSOC(=O)CC(C(=O)O)S(=O)(=O)O.CSOC(=O)CC(C(=O)O)S(=O)(=O)O.CSOC(=O)CC(C(=O)O)S(=O)(=O)O.[NaH].[NaH].[NaH]. The van der Waals surface area contributed by atoms with Crippen molar-refractivity contribution in [3.63, 3.8) is 0 Å². The van der Waals surface area contributed by atoms with Crippen LogP contribution in [0, 0.1) is 0 Å². The van der Waals surface area contributed by atoms with E-state index in [-0.39, 0.29) is 88.7 Å². The van der Waals surface area contributed by atoms with Crippen molar-refractivity contribution in [1.82, 2.24) is 0 Å². The van der Waals surface area contributed by atoms with Crippen LogP contribution in [0.15, 0.2) is 0 Å². The van der Waals surface area contributed by atoms with Crippen molar-refractivity contribution < 1.29 is 95.5 Å². The molecular weight excluding hydrogens is 778 g/mol. The van der Waals surface area contributed by atoms with E-state index in [1.54, 1.807) is 0 Å². The quantitative estimate of drug-likeness (QED) is 0.0535. The summed E-state index contributed by atoms with van der Waals surface area (Å²) in [6.07, 6.45) is 1.45. The Labute approximate surface area is 336 Å². The summed E-state index contributed by atoms with van der Waals surface area (Å²) in [5.74, 6) is -8.48. The summed E-state index contributed by atoms with van der Waals surface area (Å²) >= 11 is 1.97. The summed E-state index contributed by atoms with van der Waals surface area (Å²) in [6.45, 7) is 0. The summed E-state index contributed by atoms with van der Waals surface area (Å²) < 4.78 is 101. The number of carbonyl (C=O) groups is 6. The van der Waals surface area contributed by atoms with Gasteiger partial charge in [-0.05, 0) is 0 Å². The van der Waals surface area contributed by atoms with Crippen LogP contribution in [0.25, 0.3) is 0 Å². The van der Waals surface area contributed by atoms with Gasteiger partial charge >= 0.3 is 124 Å². The van der Waals surface area contributed by atoms with Gasteiger partial charge in [-0.25, -0.2) is 0 Å². The van der Waals surface area contributed by atoms with Gasteiger partial charge in [0.05, 0.1) is 55.4 Å². The zero-order valence-electron chi connectivity index (χ0n) is 21.1. The van der Waals surface area contributed by atoms with Crippen molar-refractivity contribution >= 4 is 191 Å². The summed E-state index contributed by atoms with van der Waals surface area (Å²) in [5.41, 5.74) is 0. The predicted molar refractivity (Wildman–Crippen MR) is 163 cm³/mol. The van der Waals surface area contributed by atoms with Crippen molar-refractivity contribution in [2.45, 2.75) is 35.0 Å². The number of rotatable bonds is 15. The first kappa shape index (κ1) is 57.8. The van der Waals surface area contributed by atoms with Crippen LogP contribution in [-0.2, 0) is 71.7 Å². The maximum atomic E-state index is 10.7. The molecule has 0 heterocycles. The molecule has 3 atom stereocenters. The van der Waals surface area contributed by atoms with Crippen LogP contribution in [-0.4, -0.2) is 213 Å². The Kier molecular flexibility index (Phi) is 36.6. The van der Waals surface area contributed by atoms with Crippen molar-refractivity contribution in [2.75, 3.05) is 18.8 Å². The van der Waals surface area contributed by atoms with Crippen LogP contribution in [0.2, 0.25) is 0 Å². The fourth-order valence-corrected chi connectivity index (χ4v) is 4.36. The fraction of sp³-hybridized carbons (Fsp3) is 0.600. The Morgan fingerprint density at radius 2 is 0.644 bits per heavy atom. The van der Waals surface area contributed by atoms with Crippen molar-refractivity contribution in [1.29, 1.82) is 0 Å². The van der Waals surface area contributed by atoms with E-state index in [1.807, 2.05) is 0 Å². The zero-order chi connectivity index (χ0) is 34.1. The minimum atomic E-state index is -4.79. The first-order valence-corrected chi connectivity index (χ1v) is 17.6. The van der Waals surface area contributed by atoms with Crippen LogP contribution in [0.1, 0.15) is 19.3 Å². The molecule has 0 radical (unpaired) electrons. The molecule has 0 rings (SSSR count). The van der Waals surface area contributed by atoms with Gasteiger partial charge in [0, 0.05) is 18.8 Å². The van der Waals surface area contributed by atoms with Gasteiger partial charge in [0.1, 0.15) is 0 Å². The van der Waals surface area contributed by atoms with Crippen molar-refractivity contribution in [3.05, 3.63) is 0 Å². The topological polar surface area (TPSA) is 354 Å². The third kappa shape index (κ3) is 30.4. The molecule has 0 aromatic carbocycles. The second-order valence-corrected chi connectivity index (χ2v) is 12.8. The standard InChI is InChI=1S/3C5H8O7S2.3Na.3H/c3*1-13-12-4(6)2-3(5(7)8)14(9,10)11;;;;;;/h3*3H,2H2,1H3,(H,7,8)(H,9,10,11);;;;;;. The molecule has 45 heavy (non-hydrogen) atoms. The number of hydrogen-bond donors (Lipinski definition) is 6. The Morgan fingerprint density at radius 3 is 0.733 bits per heavy atom. The van der Waals surface area contributed by atoms with Crippen molar-refractivity contribution in [2.24, 2.45) is 0 Å². The second-order valence-electron chi connectivity index (χ2n) is 6.50. The number of aliphatic carboxylic acids is 3. The molecule has 0 aromatic heterocycles. The number of carboxylic acid groups (broad SMARTS) is 3. The molecular formula is C15H27Na3O21S6. The van der Waals surface area contributed by atoms with Crippen LogP contribution in [0.4, 0.5) is 0 Å². The summed E-state index contributed by atoms with van der Waals surface area (Å²) in [6, 6.07) is 0. The van der Waals surface area contributed by atoms with Gasteiger partial charge in [-0.15, -0.1) is 0 Å². The van der Waals surface area contributed by atoms with Crippen LogP contribution >= 0.6 is 36.1 Å². The Morgan fingerprint density at radius 1 is 0.489 bits per heavy atom. The van der Waals surface area contributed by atoms with Gasteiger partial charge < -0.3 is 27.9 Å². The van der Waals surface area contributed by atoms with Gasteiger partial charge in [0.15, 0.2) is 15.7 Å². The van der Waals surface area contributed by atoms with E-state index in [1.165, 1.54) is 18.8 Å². The van der Waals surface area contributed by atoms with Gasteiger partial charge in [-0.3, -0.25) is 42.4 Å². The van der Waals surface area contributed by atoms with Gasteiger partial charge in [-0.2, -0.15) is 25.3 Å².